The minimum Gasteiger partial charge on any atom is -0.328 e. The molecule has 0 bridgehead atoms. The average Bonchev–Trinajstić information content (AvgIpc) is 3.22. The van der Waals surface area contributed by atoms with Crippen molar-refractivity contribution in [2.45, 2.75) is 39.8 Å². The van der Waals surface area contributed by atoms with E-state index in [0.717, 1.165) is 31.0 Å². The molecule has 4 heterocycles. The summed E-state index contributed by atoms with van der Waals surface area (Å²) in [4.78, 5) is 17.3. The predicted molar refractivity (Wildman–Crippen MR) is 105 cm³/mol. The Morgan fingerprint density at radius 1 is 1.23 bits per heavy atom. The van der Waals surface area contributed by atoms with Crippen LogP contribution < -0.4 is 0 Å². The van der Waals surface area contributed by atoms with Gasteiger partial charge in [0.1, 0.15) is 5.82 Å². The molecule has 3 aromatic rings. The molecule has 0 radical (unpaired) electrons. The van der Waals surface area contributed by atoms with Crippen LogP contribution in [-0.2, 0) is 13.1 Å². The molecule has 1 fully saturated rings. The number of aryl methyl sites for hydroxylation is 2. The number of hydrogen-bond acceptors (Lipinski definition) is 5. The van der Waals surface area contributed by atoms with Gasteiger partial charge in [-0.15, -0.1) is 11.3 Å². The van der Waals surface area contributed by atoms with E-state index in [1.165, 1.54) is 35.7 Å². The van der Waals surface area contributed by atoms with Gasteiger partial charge in [-0.1, -0.05) is 0 Å². The Morgan fingerprint density at radius 2 is 2.15 bits per heavy atom. The number of aromatic nitrogens is 4. The van der Waals surface area contributed by atoms with Gasteiger partial charge in [0.15, 0.2) is 0 Å². The molecule has 5 nitrogen and oxygen atoms in total. The van der Waals surface area contributed by atoms with Crippen molar-refractivity contribution in [2.75, 3.05) is 13.1 Å². The molecular weight excluding hydrogens is 342 g/mol. The predicted octanol–water partition coefficient (Wildman–Crippen LogP) is 3.93. The number of likely N-dealkylation sites (tertiary alicyclic amines) is 1. The maximum absolute atomic E-state index is 4.65. The van der Waals surface area contributed by atoms with E-state index in [9.17, 15) is 0 Å². The first-order chi connectivity index (χ1) is 12.7. The smallest absolute Gasteiger partial charge is 0.141 e. The van der Waals surface area contributed by atoms with Crippen molar-refractivity contribution >= 4 is 11.3 Å². The summed E-state index contributed by atoms with van der Waals surface area (Å²) in [6.07, 6.45) is 8.23. The summed E-state index contributed by atoms with van der Waals surface area (Å²) in [5.74, 6) is 1.69. The van der Waals surface area contributed by atoms with Crippen molar-refractivity contribution in [3.8, 4) is 11.4 Å². The Morgan fingerprint density at radius 3 is 2.92 bits per heavy atom. The quantitative estimate of drug-likeness (QED) is 0.685. The number of piperidine rings is 1. The Balaban J connectivity index is 1.47. The largest absolute Gasteiger partial charge is 0.328 e. The fourth-order valence-electron chi connectivity index (χ4n) is 3.80. The van der Waals surface area contributed by atoms with Crippen LogP contribution in [0.2, 0.25) is 0 Å². The first-order valence-corrected chi connectivity index (χ1v) is 10.1. The second-order valence-corrected chi connectivity index (χ2v) is 8.12. The molecule has 0 spiro atoms. The Labute approximate surface area is 158 Å². The first kappa shape index (κ1) is 17.4. The van der Waals surface area contributed by atoms with E-state index < -0.39 is 0 Å². The standard InChI is InChI=1S/C20H25N5S/c1-15-9-22-20(18-6-3-7-21-10-18)25(15)12-17-5-4-8-24(11-17)13-19-16(2)23-14-26-19/h3,6-7,9-10,14,17H,4-5,8,11-13H2,1-2H3. The molecule has 3 aromatic heterocycles. The summed E-state index contributed by atoms with van der Waals surface area (Å²) < 4.78 is 2.36. The van der Waals surface area contributed by atoms with Crippen LogP contribution >= 0.6 is 11.3 Å². The third-order valence-electron chi connectivity index (χ3n) is 5.23. The fourth-order valence-corrected chi connectivity index (χ4v) is 4.62. The number of nitrogens with zero attached hydrogens (tertiary/aromatic N) is 5. The van der Waals surface area contributed by atoms with E-state index in [-0.39, 0.29) is 0 Å². The SMILES string of the molecule is Cc1ncsc1CN1CCCC(Cn2c(C)cnc2-c2cccnc2)C1. The van der Waals surface area contributed by atoms with Crippen LogP contribution in [0.15, 0.2) is 36.2 Å². The van der Waals surface area contributed by atoms with Gasteiger partial charge in [0.05, 0.1) is 11.2 Å². The second-order valence-electron chi connectivity index (χ2n) is 7.18. The Bertz CT molecular complexity index is 854. The van der Waals surface area contributed by atoms with Crippen LogP contribution in [-0.4, -0.2) is 37.5 Å². The lowest BCUT2D eigenvalue weighted by molar-refractivity contribution is 0.157. The van der Waals surface area contributed by atoms with Crippen molar-refractivity contribution in [1.82, 2.24) is 24.4 Å². The van der Waals surface area contributed by atoms with Crippen LogP contribution in [0.3, 0.4) is 0 Å². The number of rotatable bonds is 5. The van der Waals surface area contributed by atoms with Gasteiger partial charge in [0.25, 0.3) is 0 Å². The zero-order valence-corrected chi connectivity index (χ0v) is 16.2. The third-order valence-corrected chi connectivity index (χ3v) is 6.15. The van der Waals surface area contributed by atoms with Gasteiger partial charge in [-0.05, 0) is 51.3 Å². The molecule has 1 aliphatic rings. The highest BCUT2D eigenvalue weighted by Crippen LogP contribution is 2.25. The molecule has 136 valence electrons. The summed E-state index contributed by atoms with van der Waals surface area (Å²) in [6, 6.07) is 4.06. The van der Waals surface area contributed by atoms with E-state index in [0.29, 0.717) is 5.92 Å². The molecule has 1 saturated heterocycles. The molecule has 6 heteroatoms. The highest BCUT2D eigenvalue weighted by Gasteiger charge is 2.23. The van der Waals surface area contributed by atoms with E-state index in [1.54, 1.807) is 11.3 Å². The van der Waals surface area contributed by atoms with Crippen molar-refractivity contribution in [3.63, 3.8) is 0 Å². The number of thiazole rings is 1. The highest BCUT2D eigenvalue weighted by atomic mass is 32.1. The van der Waals surface area contributed by atoms with Crippen molar-refractivity contribution in [3.05, 3.63) is 52.5 Å². The number of hydrogen-bond donors (Lipinski definition) is 0. The van der Waals surface area contributed by atoms with Crippen LogP contribution in [0.1, 0.15) is 29.1 Å². The zero-order chi connectivity index (χ0) is 17.9. The molecule has 1 aliphatic heterocycles. The molecule has 1 atom stereocenters. The molecule has 0 saturated carbocycles. The molecular formula is C20H25N5S. The number of pyridine rings is 1. The van der Waals surface area contributed by atoms with Gasteiger partial charge < -0.3 is 4.57 Å². The van der Waals surface area contributed by atoms with E-state index in [1.807, 2.05) is 30.2 Å². The van der Waals surface area contributed by atoms with Crippen LogP contribution in [0.4, 0.5) is 0 Å². The zero-order valence-electron chi connectivity index (χ0n) is 15.4. The molecule has 0 N–H and O–H groups in total. The summed E-state index contributed by atoms with van der Waals surface area (Å²) in [5, 5.41) is 0. The average molecular weight is 368 g/mol. The summed E-state index contributed by atoms with van der Waals surface area (Å²) in [5.41, 5.74) is 5.45. The lowest BCUT2D eigenvalue weighted by Crippen LogP contribution is -2.36. The summed E-state index contributed by atoms with van der Waals surface area (Å²) >= 11 is 1.78. The topological polar surface area (TPSA) is 46.8 Å². The molecule has 0 aromatic carbocycles. The van der Waals surface area contributed by atoms with Gasteiger partial charge in [0.2, 0.25) is 0 Å². The maximum Gasteiger partial charge on any atom is 0.141 e. The van der Waals surface area contributed by atoms with Gasteiger partial charge >= 0.3 is 0 Å². The van der Waals surface area contributed by atoms with Crippen molar-refractivity contribution < 1.29 is 0 Å². The molecule has 26 heavy (non-hydrogen) atoms. The van der Waals surface area contributed by atoms with Crippen LogP contribution in [0.5, 0.6) is 0 Å². The summed E-state index contributed by atoms with van der Waals surface area (Å²) in [7, 11) is 0. The van der Waals surface area contributed by atoms with Gasteiger partial charge in [-0.3, -0.25) is 9.88 Å². The normalized spacial score (nSPS) is 18.3. The second kappa shape index (κ2) is 7.68. The Hall–Kier alpha value is -2.05. The molecule has 0 amide bonds. The minimum atomic E-state index is 0.653. The van der Waals surface area contributed by atoms with Gasteiger partial charge in [0, 0.05) is 54.4 Å². The maximum atomic E-state index is 4.65. The van der Waals surface area contributed by atoms with E-state index in [2.05, 4.69) is 44.3 Å². The molecule has 1 unspecified atom stereocenters. The number of imidazole rings is 1. The van der Waals surface area contributed by atoms with E-state index in [4.69, 9.17) is 0 Å². The fraction of sp³-hybridized carbons (Fsp3) is 0.450. The lowest BCUT2D eigenvalue weighted by Gasteiger charge is -2.33. The van der Waals surface area contributed by atoms with E-state index >= 15 is 0 Å². The lowest BCUT2D eigenvalue weighted by atomic mass is 9.97. The van der Waals surface area contributed by atoms with Crippen LogP contribution in [0.25, 0.3) is 11.4 Å². The van der Waals surface area contributed by atoms with Crippen LogP contribution in [0, 0.1) is 19.8 Å². The summed E-state index contributed by atoms with van der Waals surface area (Å²) in [6.45, 7) is 8.64. The molecule has 0 aliphatic carbocycles. The van der Waals surface area contributed by atoms with Crippen molar-refractivity contribution in [1.29, 1.82) is 0 Å². The van der Waals surface area contributed by atoms with Crippen molar-refractivity contribution in [2.24, 2.45) is 5.92 Å². The first-order valence-electron chi connectivity index (χ1n) is 9.24. The minimum absolute atomic E-state index is 0.653. The third kappa shape index (κ3) is 3.71. The monoisotopic (exact) mass is 367 g/mol. The Kier molecular flexibility index (Phi) is 5.13. The van der Waals surface area contributed by atoms with Gasteiger partial charge in [-0.25, -0.2) is 9.97 Å². The van der Waals surface area contributed by atoms with Gasteiger partial charge in [-0.2, -0.15) is 0 Å². The molecule has 4 rings (SSSR count). The highest BCUT2D eigenvalue weighted by molar-refractivity contribution is 7.09.